The van der Waals surface area contributed by atoms with E-state index in [0.717, 1.165) is 22.2 Å². The van der Waals surface area contributed by atoms with E-state index >= 15 is 0 Å². The van der Waals surface area contributed by atoms with Crippen LogP contribution in [-0.4, -0.2) is 37.0 Å². The Labute approximate surface area is 127 Å². The molecular formula is C12H20BrNO3S2. The Morgan fingerprint density at radius 1 is 1.42 bits per heavy atom. The highest BCUT2D eigenvalue weighted by molar-refractivity contribution is 9.11. The van der Waals surface area contributed by atoms with Crippen LogP contribution in [0, 0.1) is 6.92 Å². The Hall–Kier alpha value is 0.0500. The van der Waals surface area contributed by atoms with Crippen LogP contribution in [0.5, 0.6) is 0 Å². The first-order chi connectivity index (χ1) is 8.88. The topological polar surface area (TPSA) is 57.6 Å². The molecule has 0 aliphatic carbocycles. The van der Waals surface area contributed by atoms with E-state index in [0.29, 0.717) is 4.21 Å². The minimum atomic E-state index is -3.53. The molecule has 0 fully saturated rings. The van der Waals surface area contributed by atoms with Crippen molar-refractivity contribution in [2.24, 2.45) is 0 Å². The Balaban J connectivity index is 3.19. The van der Waals surface area contributed by atoms with Crippen LogP contribution in [-0.2, 0) is 10.0 Å². The van der Waals surface area contributed by atoms with Crippen molar-refractivity contribution >= 4 is 37.3 Å². The summed E-state index contributed by atoms with van der Waals surface area (Å²) in [6, 6.07) is 1.61. The van der Waals surface area contributed by atoms with E-state index in [9.17, 15) is 8.42 Å². The highest BCUT2D eigenvalue weighted by Gasteiger charge is 2.30. The van der Waals surface area contributed by atoms with E-state index in [1.165, 1.54) is 15.6 Å². The van der Waals surface area contributed by atoms with E-state index in [2.05, 4.69) is 15.9 Å². The third-order valence-electron chi connectivity index (χ3n) is 3.07. The van der Waals surface area contributed by atoms with E-state index in [1.807, 2.05) is 20.8 Å². The molecule has 1 aromatic rings. The zero-order valence-electron chi connectivity index (χ0n) is 11.4. The molecule has 0 aliphatic heterocycles. The molecule has 0 aliphatic rings. The first kappa shape index (κ1) is 17.1. The molecule has 4 nitrogen and oxygen atoms in total. The molecule has 1 aromatic heterocycles. The van der Waals surface area contributed by atoms with Crippen LogP contribution in [0.25, 0.3) is 0 Å². The lowest BCUT2D eigenvalue weighted by atomic mass is 10.2. The van der Waals surface area contributed by atoms with Crippen LogP contribution in [0.3, 0.4) is 0 Å². The van der Waals surface area contributed by atoms with Crippen LogP contribution in [0.4, 0.5) is 0 Å². The van der Waals surface area contributed by atoms with Crippen molar-refractivity contribution in [1.82, 2.24) is 4.31 Å². The number of aryl methyl sites for hydroxylation is 1. The fourth-order valence-corrected chi connectivity index (χ4v) is 6.09. The number of hydrogen-bond acceptors (Lipinski definition) is 4. The average molecular weight is 370 g/mol. The molecule has 0 aromatic carbocycles. The van der Waals surface area contributed by atoms with Gasteiger partial charge in [-0.2, -0.15) is 4.31 Å². The number of nitrogens with zero attached hydrogens (tertiary/aromatic N) is 1. The normalized spacial score (nSPS) is 12.6. The molecule has 110 valence electrons. The summed E-state index contributed by atoms with van der Waals surface area (Å²) < 4.78 is 27.9. The van der Waals surface area contributed by atoms with Gasteiger partial charge in [0.25, 0.3) is 10.0 Å². The third-order valence-corrected chi connectivity index (χ3v) is 7.61. The first-order valence-corrected chi connectivity index (χ1v) is 9.32. The lowest BCUT2D eigenvalue weighted by Gasteiger charge is -2.28. The van der Waals surface area contributed by atoms with Gasteiger partial charge in [-0.1, -0.05) is 13.8 Å². The molecule has 0 radical (unpaired) electrons. The average Bonchev–Trinajstić information content (AvgIpc) is 2.70. The highest BCUT2D eigenvalue weighted by Crippen LogP contribution is 2.33. The highest BCUT2D eigenvalue weighted by atomic mass is 79.9. The number of hydrogen-bond donors (Lipinski definition) is 1. The van der Waals surface area contributed by atoms with Crippen molar-refractivity contribution in [3.63, 3.8) is 0 Å². The molecule has 19 heavy (non-hydrogen) atoms. The summed E-state index contributed by atoms with van der Waals surface area (Å²) in [6.45, 7) is 5.77. The maximum absolute atomic E-state index is 12.7. The standard InChI is InChI=1S/C12H20BrNO3S2/c1-4-10(5-2)14(6-7-15)19(16,17)11-8-9(3)12(13)18-11/h8,10,15H,4-7H2,1-3H3. The van der Waals surface area contributed by atoms with Gasteiger partial charge in [-0.15, -0.1) is 11.3 Å². The van der Waals surface area contributed by atoms with Crippen molar-refractivity contribution < 1.29 is 13.5 Å². The van der Waals surface area contributed by atoms with Gasteiger partial charge < -0.3 is 5.11 Å². The van der Waals surface area contributed by atoms with Gasteiger partial charge in [-0.25, -0.2) is 8.42 Å². The van der Waals surface area contributed by atoms with Crippen LogP contribution >= 0.6 is 27.3 Å². The first-order valence-electron chi connectivity index (χ1n) is 6.27. The third kappa shape index (κ3) is 3.78. The van der Waals surface area contributed by atoms with Gasteiger partial charge in [0.05, 0.1) is 10.4 Å². The Kier molecular flexibility index (Phi) is 6.46. The molecular weight excluding hydrogens is 350 g/mol. The SMILES string of the molecule is CCC(CC)N(CCO)S(=O)(=O)c1cc(C)c(Br)s1. The van der Waals surface area contributed by atoms with Crippen LogP contribution < -0.4 is 0 Å². The van der Waals surface area contributed by atoms with Crippen molar-refractivity contribution in [2.75, 3.05) is 13.2 Å². The second-order valence-corrected chi connectivity index (χ2v) is 8.82. The fourth-order valence-electron chi connectivity index (χ4n) is 1.97. The van der Waals surface area contributed by atoms with E-state index < -0.39 is 10.0 Å². The molecule has 0 amide bonds. The number of rotatable bonds is 7. The summed E-state index contributed by atoms with van der Waals surface area (Å²) in [5, 5.41) is 9.13. The summed E-state index contributed by atoms with van der Waals surface area (Å²) in [7, 11) is -3.53. The van der Waals surface area contributed by atoms with Gasteiger partial charge in [-0.3, -0.25) is 0 Å². The van der Waals surface area contributed by atoms with Gasteiger partial charge in [0.15, 0.2) is 0 Å². The maximum Gasteiger partial charge on any atom is 0.252 e. The van der Waals surface area contributed by atoms with Crippen molar-refractivity contribution in [3.05, 3.63) is 15.4 Å². The maximum atomic E-state index is 12.7. The Morgan fingerprint density at radius 3 is 2.37 bits per heavy atom. The van der Waals surface area contributed by atoms with E-state index in [1.54, 1.807) is 6.07 Å². The number of sulfonamides is 1. The predicted molar refractivity (Wildman–Crippen MR) is 82.1 cm³/mol. The molecule has 7 heteroatoms. The van der Waals surface area contributed by atoms with Crippen molar-refractivity contribution in [2.45, 2.75) is 43.9 Å². The molecule has 0 bridgehead atoms. The smallest absolute Gasteiger partial charge is 0.252 e. The van der Waals surface area contributed by atoms with Crippen LogP contribution in [0.2, 0.25) is 0 Å². The summed E-state index contributed by atoms with van der Waals surface area (Å²) in [4.78, 5) is 0. The molecule has 0 saturated carbocycles. The molecule has 0 unspecified atom stereocenters. The minimum Gasteiger partial charge on any atom is -0.395 e. The zero-order valence-corrected chi connectivity index (χ0v) is 14.6. The summed E-state index contributed by atoms with van der Waals surface area (Å²) in [5.74, 6) is 0. The zero-order chi connectivity index (χ0) is 14.6. The molecule has 0 atom stereocenters. The number of aliphatic hydroxyl groups excluding tert-OH is 1. The van der Waals surface area contributed by atoms with Gasteiger partial charge in [-0.05, 0) is 47.3 Å². The van der Waals surface area contributed by atoms with Crippen molar-refractivity contribution in [3.8, 4) is 0 Å². The predicted octanol–water partition coefficient (Wildman–Crippen LogP) is 2.99. The minimum absolute atomic E-state index is 0.0710. The largest absolute Gasteiger partial charge is 0.395 e. The van der Waals surface area contributed by atoms with Gasteiger partial charge in [0.1, 0.15) is 4.21 Å². The summed E-state index contributed by atoms with van der Waals surface area (Å²) >= 11 is 4.57. The van der Waals surface area contributed by atoms with E-state index in [4.69, 9.17) is 5.11 Å². The number of halogens is 1. The Morgan fingerprint density at radius 2 is 2.00 bits per heavy atom. The fraction of sp³-hybridized carbons (Fsp3) is 0.667. The molecule has 1 N–H and O–H groups in total. The van der Waals surface area contributed by atoms with Crippen molar-refractivity contribution in [1.29, 1.82) is 0 Å². The molecule has 1 heterocycles. The second-order valence-electron chi connectivity index (χ2n) is 4.33. The number of aliphatic hydroxyl groups is 1. The van der Waals surface area contributed by atoms with Gasteiger partial charge in [0, 0.05) is 12.6 Å². The quantitative estimate of drug-likeness (QED) is 0.803. The molecule has 0 saturated heterocycles. The molecule has 1 rings (SSSR count). The second kappa shape index (κ2) is 7.17. The summed E-state index contributed by atoms with van der Waals surface area (Å²) in [6.07, 6.45) is 1.47. The van der Waals surface area contributed by atoms with E-state index in [-0.39, 0.29) is 19.2 Å². The van der Waals surface area contributed by atoms with Gasteiger partial charge >= 0.3 is 0 Å². The molecule has 0 spiro atoms. The van der Waals surface area contributed by atoms with Gasteiger partial charge in [0.2, 0.25) is 0 Å². The Bertz CT molecular complexity index is 490. The monoisotopic (exact) mass is 369 g/mol. The van der Waals surface area contributed by atoms with Crippen LogP contribution in [0.1, 0.15) is 32.3 Å². The lowest BCUT2D eigenvalue weighted by Crippen LogP contribution is -2.41. The van der Waals surface area contributed by atoms with Crippen LogP contribution in [0.15, 0.2) is 14.1 Å². The number of thiophene rings is 1. The summed E-state index contributed by atoms with van der Waals surface area (Å²) in [5.41, 5.74) is 0.914. The lowest BCUT2D eigenvalue weighted by molar-refractivity contribution is 0.220.